The van der Waals surface area contributed by atoms with Gasteiger partial charge in [0.25, 0.3) is 5.56 Å². The molecule has 0 saturated carbocycles. The van der Waals surface area contributed by atoms with Crippen molar-refractivity contribution < 1.29 is 19.0 Å². The lowest BCUT2D eigenvalue weighted by Crippen LogP contribution is -2.18. The van der Waals surface area contributed by atoms with E-state index < -0.39 is 5.97 Å². The highest BCUT2D eigenvalue weighted by molar-refractivity contribution is 6.32. The van der Waals surface area contributed by atoms with Crippen LogP contribution in [0.25, 0.3) is 5.65 Å². The first kappa shape index (κ1) is 19.7. The first-order chi connectivity index (χ1) is 13.4. The molecule has 0 spiro atoms. The van der Waals surface area contributed by atoms with Crippen LogP contribution in [0, 0.1) is 6.92 Å². The zero-order chi connectivity index (χ0) is 20.3. The standard InChI is InChI=1S/C20H19ClN2O5/c1-4-27-19-15(21)8-13(9-16(19)26-3)20(25)28-11-14-10-18(24)23-12(2)6-5-7-17(23)22-14/h5-10H,4,11H2,1-3H3. The van der Waals surface area contributed by atoms with E-state index >= 15 is 0 Å². The minimum atomic E-state index is -0.616. The van der Waals surface area contributed by atoms with Gasteiger partial charge in [0.2, 0.25) is 0 Å². The van der Waals surface area contributed by atoms with Gasteiger partial charge in [0.05, 0.1) is 30.0 Å². The van der Waals surface area contributed by atoms with E-state index in [1.165, 1.54) is 29.7 Å². The summed E-state index contributed by atoms with van der Waals surface area (Å²) >= 11 is 6.19. The number of pyridine rings is 1. The molecule has 0 radical (unpaired) electrons. The number of halogens is 1. The molecule has 0 aliphatic rings. The van der Waals surface area contributed by atoms with Gasteiger partial charge in [0, 0.05) is 11.8 Å². The molecular weight excluding hydrogens is 384 g/mol. The number of benzene rings is 1. The van der Waals surface area contributed by atoms with Crippen LogP contribution in [-0.2, 0) is 11.3 Å². The van der Waals surface area contributed by atoms with Crippen LogP contribution in [0.4, 0.5) is 0 Å². The van der Waals surface area contributed by atoms with E-state index in [1.54, 1.807) is 12.1 Å². The number of hydrogen-bond acceptors (Lipinski definition) is 6. The summed E-state index contributed by atoms with van der Waals surface area (Å²) in [5.74, 6) is 0.0798. The minimum absolute atomic E-state index is 0.147. The molecule has 0 N–H and O–H groups in total. The Kier molecular flexibility index (Phi) is 5.84. The van der Waals surface area contributed by atoms with Crippen molar-refractivity contribution in [1.82, 2.24) is 9.38 Å². The third-order valence-electron chi connectivity index (χ3n) is 4.04. The number of carbonyl (C=O) groups excluding carboxylic acids is 1. The molecule has 0 bridgehead atoms. The molecule has 0 aliphatic carbocycles. The van der Waals surface area contributed by atoms with Crippen molar-refractivity contribution in [3.63, 3.8) is 0 Å². The summed E-state index contributed by atoms with van der Waals surface area (Å²) < 4.78 is 17.5. The minimum Gasteiger partial charge on any atom is -0.493 e. The van der Waals surface area contributed by atoms with E-state index in [4.69, 9.17) is 25.8 Å². The first-order valence-electron chi connectivity index (χ1n) is 8.60. The van der Waals surface area contributed by atoms with Crippen molar-refractivity contribution in [3.8, 4) is 11.5 Å². The van der Waals surface area contributed by atoms with Gasteiger partial charge >= 0.3 is 5.97 Å². The Morgan fingerprint density at radius 1 is 1.25 bits per heavy atom. The normalized spacial score (nSPS) is 10.7. The SMILES string of the molecule is CCOc1c(Cl)cc(C(=O)OCc2cc(=O)n3c(C)cccc3n2)cc1OC. The van der Waals surface area contributed by atoms with Crippen LogP contribution in [0.1, 0.15) is 28.7 Å². The summed E-state index contributed by atoms with van der Waals surface area (Å²) in [4.78, 5) is 29.1. The maximum absolute atomic E-state index is 12.4. The zero-order valence-corrected chi connectivity index (χ0v) is 16.4. The van der Waals surface area contributed by atoms with E-state index in [-0.39, 0.29) is 22.8 Å². The van der Waals surface area contributed by atoms with Gasteiger partial charge in [-0.1, -0.05) is 17.7 Å². The third kappa shape index (κ3) is 3.94. The molecule has 2 aromatic heterocycles. The molecule has 7 nitrogen and oxygen atoms in total. The van der Waals surface area contributed by atoms with Crippen molar-refractivity contribution in [3.05, 3.63) is 68.7 Å². The number of esters is 1. The largest absolute Gasteiger partial charge is 0.493 e. The summed E-state index contributed by atoms with van der Waals surface area (Å²) in [7, 11) is 1.46. The molecule has 3 aromatic rings. The summed E-state index contributed by atoms with van der Waals surface area (Å²) in [5.41, 5.74) is 1.59. The summed E-state index contributed by atoms with van der Waals surface area (Å²) in [6, 6.07) is 9.63. The smallest absolute Gasteiger partial charge is 0.338 e. The molecule has 146 valence electrons. The number of aromatic nitrogens is 2. The van der Waals surface area contributed by atoms with Gasteiger partial charge < -0.3 is 14.2 Å². The van der Waals surface area contributed by atoms with Gasteiger partial charge in [-0.25, -0.2) is 9.78 Å². The first-order valence-corrected chi connectivity index (χ1v) is 8.98. The highest BCUT2D eigenvalue weighted by Gasteiger charge is 2.17. The molecule has 2 heterocycles. The topological polar surface area (TPSA) is 79.1 Å². The number of methoxy groups -OCH3 is 1. The lowest BCUT2D eigenvalue weighted by Gasteiger charge is -2.13. The van der Waals surface area contributed by atoms with Crippen LogP contribution in [0.2, 0.25) is 5.02 Å². The van der Waals surface area contributed by atoms with E-state index in [0.717, 1.165) is 5.69 Å². The number of hydrogen-bond donors (Lipinski definition) is 0. The second-order valence-corrected chi connectivity index (χ2v) is 6.35. The molecule has 0 saturated heterocycles. The predicted molar refractivity (Wildman–Crippen MR) is 104 cm³/mol. The van der Waals surface area contributed by atoms with Crippen LogP contribution in [0.5, 0.6) is 11.5 Å². The molecule has 3 rings (SSSR count). The Labute approximate surface area is 166 Å². The second-order valence-electron chi connectivity index (χ2n) is 5.95. The molecular formula is C20H19ClN2O5. The number of fused-ring (bicyclic) bond motifs is 1. The van der Waals surface area contributed by atoms with Gasteiger partial charge in [-0.15, -0.1) is 0 Å². The Hall–Kier alpha value is -3.06. The molecule has 0 aliphatic heterocycles. The van der Waals surface area contributed by atoms with Gasteiger partial charge in [-0.05, 0) is 38.1 Å². The summed E-state index contributed by atoms with van der Waals surface area (Å²) in [5, 5.41) is 0.241. The highest BCUT2D eigenvalue weighted by Crippen LogP contribution is 2.36. The number of ether oxygens (including phenoxy) is 3. The number of nitrogens with zero attached hydrogens (tertiary/aromatic N) is 2. The fourth-order valence-corrected chi connectivity index (χ4v) is 3.05. The molecule has 0 fully saturated rings. The quantitative estimate of drug-likeness (QED) is 0.588. The summed E-state index contributed by atoms with van der Waals surface area (Å²) in [6.07, 6.45) is 0. The van der Waals surface area contributed by atoms with Crippen molar-refractivity contribution in [1.29, 1.82) is 0 Å². The summed E-state index contributed by atoms with van der Waals surface area (Å²) in [6.45, 7) is 3.89. The van der Waals surface area contributed by atoms with Crippen LogP contribution < -0.4 is 15.0 Å². The maximum Gasteiger partial charge on any atom is 0.338 e. The zero-order valence-electron chi connectivity index (χ0n) is 15.7. The van der Waals surface area contributed by atoms with E-state index in [0.29, 0.717) is 29.4 Å². The maximum atomic E-state index is 12.4. The van der Waals surface area contributed by atoms with Gasteiger partial charge in [-0.3, -0.25) is 9.20 Å². The average molecular weight is 403 g/mol. The molecule has 0 atom stereocenters. The van der Waals surface area contributed by atoms with Crippen LogP contribution >= 0.6 is 11.6 Å². The van der Waals surface area contributed by atoms with E-state index in [1.807, 2.05) is 19.9 Å². The number of rotatable bonds is 6. The van der Waals surface area contributed by atoms with E-state index in [9.17, 15) is 9.59 Å². The third-order valence-corrected chi connectivity index (χ3v) is 4.32. The molecule has 0 amide bonds. The van der Waals surface area contributed by atoms with Crippen LogP contribution in [0.15, 0.2) is 41.2 Å². The fourth-order valence-electron chi connectivity index (χ4n) is 2.78. The van der Waals surface area contributed by atoms with E-state index in [2.05, 4.69) is 4.98 Å². The Morgan fingerprint density at radius 3 is 2.75 bits per heavy atom. The van der Waals surface area contributed by atoms with Crippen LogP contribution in [0.3, 0.4) is 0 Å². The Bertz CT molecular complexity index is 1090. The lowest BCUT2D eigenvalue weighted by molar-refractivity contribution is 0.0467. The van der Waals surface area contributed by atoms with Crippen molar-refractivity contribution in [2.75, 3.05) is 13.7 Å². The van der Waals surface area contributed by atoms with Gasteiger partial charge in [0.15, 0.2) is 11.5 Å². The van der Waals surface area contributed by atoms with Gasteiger partial charge in [-0.2, -0.15) is 0 Å². The van der Waals surface area contributed by atoms with Gasteiger partial charge in [0.1, 0.15) is 12.3 Å². The Morgan fingerprint density at radius 2 is 2.04 bits per heavy atom. The molecule has 28 heavy (non-hydrogen) atoms. The number of aryl methyl sites for hydroxylation is 1. The van der Waals surface area contributed by atoms with Crippen molar-refractivity contribution in [2.24, 2.45) is 0 Å². The molecule has 8 heteroatoms. The highest BCUT2D eigenvalue weighted by atomic mass is 35.5. The predicted octanol–water partition coefficient (Wildman–Crippen LogP) is 3.42. The van der Waals surface area contributed by atoms with Crippen molar-refractivity contribution in [2.45, 2.75) is 20.5 Å². The fraction of sp³-hybridized carbons (Fsp3) is 0.250. The molecule has 1 aromatic carbocycles. The monoisotopic (exact) mass is 402 g/mol. The van der Waals surface area contributed by atoms with Crippen LogP contribution in [-0.4, -0.2) is 29.1 Å². The Balaban J connectivity index is 1.82. The number of carbonyl (C=O) groups is 1. The second kappa shape index (κ2) is 8.31. The lowest BCUT2D eigenvalue weighted by atomic mass is 10.2. The average Bonchev–Trinajstić information content (AvgIpc) is 2.67. The molecule has 0 unspecified atom stereocenters. The van der Waals surface area contributed by atoms with Crippen molar-refractivity contribution >= 4 is 23.2 Å².